The van der Waals surface area contributed by atoms with E-state index in [0.717, 1.165) is 69.6 Å². The lowest BCUT2D eigenvalue weighted by Gasteiger charge is -2.34. The van der Waals surface area contributed by atoms with Crippen molar-refractivity contribution >= 4 is 17.5 Å². The molecule has 2 fully saturated rings. The Morgan fingerprint density at radius 1 is 1.17 bits per heavy atom. The summed E-state index contributed by atoms with van der Waals surface area (Å²) >= 11 is 0. The van der Waals surface area contributed by atoms with Gasteiger partial charge in [0, 0.05) is 44.0 Å². The SMILES string of the molecule is CC(C)c1cc(C(=O)NC2CCCN(c3cc(N4CCOCC4)ncn3)C2)n[nH]1. The monoisotopic (exact) mass is 399 g/mol. The van der Waals surface area contributed by atoms with Crippen LogP contribution in [0.3, 0.4) is 0 Å². The van der Waals surface area contributed by atoms with E-state index >= 15 is 0 Å². The Labute approximate surface area is 170 Å². The zero-order valence-electron chi connectivity index (χ0n) is 17.1. The van der Waals surface area contributed by atoms with E-state index in [1.165, 1.54) is 0 Å². The molecule has 1 atom stereocenters. The van der Waals surface area contributed by atoms with Crippen LogP contribution in [0.2, 0.25) is 0 Å². The van der Waals surface area contributed by atoms with Crippen LogP contribution in [0.25, 0.3) is 0 Å². The highest BCUT2D eigenvalue weighted by atomic mass is 16.5. The van der Waals surface area contributed by atoms with Gasteiger partial charge in [-0.3, -0.25) is 9.89 Å². The highest BCUT2D eigenvalue weighted by Crippen LogP contribution is 2.22. The number of nitrogens with one attached hydrogen (secondary N) is 2. The lowest BCUT2D eigenvalue weighted by Crippen LogP contribution is -2.48. The third-order valence-corrected chi connectivity index (χ3v) is 5.51. The van der Waals surface area contributed by atoms with E-state index in [1.54, 1.807) is 6.33 Å². The number of piperidine rings is 1. The van der Waals surface area contributed by atoms with Crippen LogP contribution in [-0.2, 0) is 4.74 Å². The minimum absolute atomic E-state index is 0.0669. The number of hydrogen-bond acceptors (Lipinski definition) is 7. The number of ether oxygens (including phenoxy) is 1. The molecule has 0 saturated carbocycles. The first kappa shape index (κ1) is 19.6. The Morgan fingerprint density at radius 2 is 1.93 bits per heavy atom. The molecule has 9 heteroatoms. The minimum atomic E-state index is -0.128. The normalized spacial score (nSPS) is 20.2. The first-order valence-corrected chi connectivity index (χ1v) is 10.4. The molecule has 0 aliphatic carbocycles. The number of carbonyl (C=O) groups excluding carboxylic acids is 1. The highest BCUT2D eigenvalue weighted by molar-refractivity contribution is 5.92. The van der Waals surface area contributed by atoms with Gasteiger partial charge in [-0.15, -0.1) is 0 Å². The summed E-state index contributed by atoms with van der Waals surface area (Å²) in [5, 5.41) is 10.2. The van der Waals surface area contributed by atoms with Gasteiger partial charge in [0.25, 0.3) is 5.91 Å². The number of morpholine rings is 1. The van der Waals surface area contributed by atoms with Crippen molar-refractivity contribution < 1.29 is 9.53 Å². The first-order chi connectivity index (χ1) is 14.1. The molecule has 2 aromatic rings. The predicted octanol–water partition coefficient (Wildman–Crippen LogP) is 1.56. The number of nitrogens with zero attached hydrogens (tertiary/aromatic N) is 5. The molecule has 2 aliphatic rings. The molecule has 1 amide bonds. The Kier molecular flexibility index (Phi) is 5.94. The topological polar surface area (TPSA) is 99.3 Å². The maximum atomic E-state index is 12.6. The van der Waals surface area contributed by atoms with Crippen LogP contribution < -0.4 is 15.1 Å². The van der Waals surface area contributed by atoms with Gasteiger partial charge in [-0.2, -0.15) is 5.10 Å². The van der Waals surface area contributed by atoms with Crippen LogP contribution in [0, 0.1) is 0 Å². The largest absolute Gasteiger partial charge is 0.378 e. The summed E-state index contributed by atoms with van der Waals surface area (Å²) < 4.78 is 5.43. The number of hydrogen-bond donors (Lipinski definition) is 2. The molecule has 0 spiro atoms. The van der Waals surface area contributed by atoms with Crippen molar-refractivity contribution in [2.45, 2.75) is 38.6 Å². The molecule has 29 heavy (non-hydrogen) atoms. The van der Waals surface area contributed by atoms with E-state index in [0.29, 0.717) is 11.6 Å². The van der Waals surface area contributed by atoms with Gasteiger partial charge in [0.05, 0.1) is 13.2 Å². The Morgan fingerprint density at radius 3 is 2.66 bits per heavy atom. The molecule has 4 rings (SSSR count). The summed E-state index contributed by atoms with van der Waals surface area (Å²) in [7, 11) is 0. The van der Waals surface area contributed by atoms with Crippen LogP contribution in [-0.4, -0.2) is 71.5 Å². The molecule has 1 unspecified atom stereocenters. The van der Waals surface area contributed by atoms with Crippen molar-refractivity contribution in [3.63, 3.8) is 0 Å². The van der Waals surface area contributed by atoms with Gasteiger partial charge in [0.1, 0.15) is 23.7 Å². The van der Waals surface area contributed by atoms with Gasteiger partial charge in [-0.05, 0) is 24.8 Å². The summed E-state index contributed by atoms with van der Waals surface area (Å²) in [5.74, 6) is 2.02. The number of carbonyl (C=O) groups is 1. The standard InChI is InChI=1S/C20H29N7O2/c1-14(2)16-10-17(25-24-16)20(28)23-15-4-3-5-27(12-15)19-11-18(21-13-22-19)26-6-8-29-9-7-26/h10-11,13-15H,3-9,12H2,1-2H3,(H,23,28)(H,24,25). The second-order valence-corrected chi connectivity index (χ2v) is 7.96. The molecular weight excluding hydrogens is 370 g/mol. The van der Waals surface area contributed by atoms with Gasteiger partial charge in [-0.25, -0.2) is 9.97 Å². The van der Waals surface area contributed by atoms with E-state index in [9.17, 15) is 4.79 Å². The van der Waals surface area contributed by atoms with Crippen molar-refractivity contribution in [2.75, 3.05) is 49.2 Å². The van der Waals surface area contributed by atoms with Crippen molar-refractivity contribution in [3.05, 3.63) is 29.8 Å². The van der Waals surface area contributed by atoms with E-state index in [-0.39, 0.29) is 11.9 Å². The fourth-order valence-electron chi connectivity index (χ4n) is 3.79. The molecule has 2 N–H and O–H groups in total. The molecule has 2 saturated heterocycles. The van der Waals surface area contributed by atoms with Gasteiger partial charge in [0.2, 0.25) is 0 Å². The summed E-state index contributed by atoms with van der Waals surface area (Å²) in [5.41, 5.74) is 1.42. The van der Waals surface area contributed by atoms with E-state index in [4.69, 9.17) is 4.74 Å². The number of aromatic amines is 1. The second kappa shape index (κ2) is 8.77. The molecule has 0 aromatic carbocycles. The smallest absolute Gasteiger partial charge is 0.272 e. The molecule has 9 nitrogen and oxygen atoms in total. The van der Waals surface area contributed by atoms with Crippen LogP contribution in [0.5, 0.6) is 0 Å². The van der Waals surface area contributed by atoms with E-state index < -0.39 is 0 Å². The maximum absolute atomic E-state index is 12.6. The quantitative estimate of drug-likeness (QED) is 0.787. The molecule has 4 heterocycles. The molecule has 0 bridgehead atoms. The van der Waals surface area contributed by atoms with Crippen molar-refractivity contribution in [1.82, 2.24) is 25.5 Å². The lowest BCUT2D eigenvalue weighted by molar-refractivity contribution is 0.0928. The minimum Gasteiger partial charge on any atom is -0.378 e. The third kappa shape index (κ3) is 4.67. The number of rotatable bonds is 5. The molecule has 0 radical (unpaired) electrons. The summed E-state index contributed by atoms with van der Waals surface area (Å²) in [6.45, 7) is 8.93. The molecule has 2 aromatic heterocycles. The lowest BCUT2D eigenvalue weighted by atomic mass is 10.1. The van der Waals surface area contributed by atoms with Gasteiger partial charge in [-0.1, -0.05) is 13.8 Å². The second-order valence-electron chi connectivity index (χ2n) is 7.96. The first-order valence-electron chi connectivity index (χ1n) is 10.4. The maximum Gasteiger partial charge on any atom is 0.272 e. The van der Waals surface area contributed by atoms with E-state index in [2.05, 4.69) is 49.1 Å². The van der Waals surface area contributed by atoms with Gasteiger partial charge < -0.3 is 19.9 Å². The van der Waals surface area contributed by atoms with Crippen LogP contribution in [0.15, 0.2) is 18.5 Å². The fraction of sp³-hybridized carbons (Fsp3) is 0.600. The highest BCUT2D eigenvalue weighted by Gasteiger charge is 2.24. The zero-order valence-corrected chi connectivity index (χ0v) is 17.1. The summed E-state index contributed by atoms with van der Waals surface area (Å²) in [4.78, 5) is 26.0. The average Bonchev–Trinajstić information content (AvgIpc) is 3.26. The van der Waals surface area contributed by atoms with Crippen molar-refractivity contribution in [2.24, 2.45) is 0 Å². The predicted molar refractivity (Wildman–Crippen MR) is 110 cm³/mol. The van der Waals surface area contributed by atoms with Crippen molar-refractivity contribution in [1.29, 1.82) is 0 Å². The number of amides is 1. The molecule has 2 aliphatic heterocycles. The fourth-order valence-corrected chi connectivity index (χ4v) is 3.79. The average molecular weight is 399 g/mol. The van der Waals surface area contributed by atoms with Gasteiger partial charge in [0.15, 0.2) is 0 Å². The Balaban J connectivity index is 1.39. The number of H-pyrrole nitrogens is 1. The van der Waals surface area contributed by atoms with Crippen molar-refractivity contribution in [3.8, 4) is 0 Å². The van der Waals surface area contributed by atoms with Crippen LogP contribution >= 0.6 is 0 Å². The Bertz CT molecular complexity index is 832. The summed E-state index contributed by atoms with van der Waals surface area (Å²) in [6, 6.07) is 3.94. The molecular formula is C20H29N7O2. The summed E-state index contributed by atoms with van der Waals surface area (Å²) in [6.07, 6.45) is 3.57. The van der Waals surface area contributed by atoms with E-state index in [1.807, 2.05) is 12.1 Å². The third-order valence-electron chi connectivity index (χ3n) is 5.51. The Hall–Kier alpha value is -2.68. The zero-order chi connectivity index (χ0) is 20.2. The van der Waals surface area contributed by atoms with Gasteiger partial charge >= 0.3 is 0 Å². The number of anilines is 2. The molecule has 156 valence electrons. The number of aromatic nitrogens is 4. The van der Waals surface area contributed by atoms with Crippen LogP contribution in [0.4, 0.5) is 11.6 Å². The van der Waals surface area contributed by atoms with Crippen LogP contribution in [0.1, 0.15) is 48.8 Å².